The number of H-pyrrole nitrogens is 1. The molecule has 0 aliphatic carbocycles. The molecule has 4 aromatic rings. The Morgan fingerprint density at radius 1 is 1.12 bits per heavy atom. The highest BCUT2D eigenvalue weighted by atomic mass is 32.1. The molecule has 0 bridgehead atoms. The summed E-state index contributed by atoms with van der Waals surface area (Å²) in [6.45, 7) is 2.64. The Morgan fingerprint density at radius 2 is 1.94 bits per heavy atom. The molecule has 0 spiro atoms. The van der Waals surface area contributed by atoms with Crippen molar-refractivity contribution in [1.82, 2.24) is 14.9 Å². The van der Waals surface area contributed by atoms with E-state index in [9.17, 15) is 9.18 Å². The van der Waals surface area contributed by atoms with E-state index in [0.717, 1.165) is 42.0 Å². The zero-order chi connectivity index (χ0) is 22.4. The zero-order valence-electron chi connectivity index (χ0n) is 17.8. The van der Waals surface area contributed by atoms with Gasteiger partial charge in [0.25, 0.3) is 5.56 Å². The van der Waals surface area contributed by atoms with Gasteiger partial charge in [-0.2, -0.15) is 0 Å². The van der Waals surface area contributed by atoms with Crippen molar-refractivity contribution in [3.8, 4) is 22.6 Å². The van der Waals surface area contributed by atoms with Gasteiger partial charge in [0.2, 0.25) is 0 Å². The van der Waals surface area contributed by atoms with Crippen LogP contribution in [0.1, 0.15) is 30.3 Å². The lowest BCUT2D eigenvalue weighted by atomic mass is 10.0. The van der Waals surface area contributed by atoms with E-state index in [1.54, 1.807) is 12.1 Å². The summed E-state index contributed by atoms with van der Waals surface area (Å²) >= 11 is 1.44. The molecule has 2 aromatic heterocycles. The molecule has 2 aliphatic rings. The first-order valence-corrected chi connectivity index (χ1v) is 11.9. The summed E-state index contributed by atoms with van der Waals surface area (Å²) in [4.78, 5) is 23.8. The van der Waals surface area contributed by atoms with Gasteiger partial charge in [-0.1, -0.05) is 18.2 Å². The van der Waals surface area contributed by atoms with Crippen LogP contribution in [-0.4, -0.2) is 34.6 Å². The second kappa shape index (κ2) is 8.28. The Balaban J connectivity index is 1.28. The topological polar surface area (TPSA) is 67.5 Å². The number of nitrogens with zero attached hydrogens (tertiary/aromatic N) is 2. The summed E-state index contributed by atoms with van der Waals surface area (Å²) in [5, 5.41) is 2.47. The minimum Gasteiger partial charge on any atom is -0.486 e. The maximum absolute atomic E-state index is 13.3. The van der Waals surface area contributed by atoms with Crippen LogP contribution in [0.2, 0.25) is 0 Å². The van der Waals surface area contributed by atoms with Crippen LogP contribution in [0.3, 0.4) is 0 Å². The average molecular weight is 464 g/mol. The van der Waals surface area contributed by atoms with Crippen molar-refractivity contribution >= 4 is 21.6 Å². The summed E-state index contributed by atoms with van der Waals surface area (Å²) < 4.78 is 24.7. The van der Waals surface area contributed by atoms with E-state index in [1.165, 1.54) is 29.0 Å². The minimum atomic E-state index is -0.300. The molecule has 4 heterocycles. The summed E-state index contributed by atoms with van der Waals surface area (Å²) in [6, 6.07) is 12.6. The van der Waals surface area contributed by atoms with Crippen molar-refractivity contribution in [3.05, 3.63) is 75.4 Å². The van der Waals surface area contributed by atoms with Crippen molar-refractivity contribution in [2.24, 2.45) is 0 Å². The largest absolute Gasteiger partial charge is 0.486 e. The van der Waals surface area contributed by atoms with E-state index in [-0.39, 0.29) is 17.4 Å². The highest BCUT2D eigenvalue weighted by Gasteiger charge is 2.28. The molecule has 2 aliphatic heterocycles. The molecule has 8 heteroatoms. The third-order valence-corrected chi connectivity index (χ3v) is 7.19. The van der Waals surface area contributed by atoms with Crippen molar-refractivity contribution in [2.45, 2.75) is 25.4 Å². The zero-order valence-corrected chi connectivity index (χ0v) is 18.7. The molecule has 0 radical (unpaired) electrons. The van der Waals surface area contributed by atoms with Gasteiger partial charge in [-0.15, -0.1) is 11.3 Å². The summed E-state index contributed by atoms with van der Waals surface area (Å²) in [6.07, 6.45) is 2.12. The Kier molecular flexibility index (Phi) is 5.11. The number of thiophene rings is 1. The molecule has 168 valence electrons. The van der Waals surface area contributed by atoms with Gasteiger partial charge in [0, 0.05) is 17.0 Å². The van der Waals surface area contributed by atoms with E-state index in [1.807, 2.05) is 11.4 Å². The van der Waals surface area contributed by atoms with Crippen LogP contribution in [0.15, 0.2) is 52.6 Å². The monoisotopic (exact) mass is 463 g/mol. The van der Waals surface area contributed by atoms with Crippen molar-refractivity contribution in [3.63, 3.8) is 0 Å². The van der Waals surface area contributed by atoms with Gasteiger partial charge in [0.1, 0.15) is 29.7 Å². The smallest absolute Gasteiger partial charge is 0.260 e. The van der Waals surface area contributed by atoms with Crippen LogP contribution in [0.5, 0.6) is 11.5 Å². The van der Waals surface area contributed by atoms with Crippen LogP contribution < -0.4 is 15.0 Å². The van der Waals surface area contributed by atoms with Gasteiger partial charge < -0.3 is 14.5 Å². The summed E-state index contributed by atoms with van der Waals surface area (Å²) in [7, 11) is 0. The maximum atomic E-state index is 13.3. The number of aromatic nitrogens is 2. The number of benzene rings is 2. The quantitative estimate of drug-likeness (QED) is 0.466. The van der Waals surface area contributed by atoms with Gasteiger partial charge >= 0.3 is 0 Å². The molecule has 1 fully saturated rings. The second-order valence-corrected chi connectivity index (χ2v) is 9.24. The van der Waals surface area contributed by atoms with Gasteiger partial charge in [0.05, 0.1) is 11.9 Å². The van der Waals surface area contributed by atoms with E-state index < -0.39 is 0 Å². The first-order chi connectivity index (χ1) is 16.2. The van der Waals surface area contributed by atoms with Crippen LogP contribution in [-0.2, 0) is 6.54 Å². The van der Waals surface area contributed by atoms with Crippen LogP contribution in [0, 0.1) is 5.82 Å². The number of rotatable bonds is 4. The molecular weight excluding hydrogens is 441 g/mol. The minimum absolute atomic E-state index is 0.161. The first-order valence-electron chi connectivity index (χ1n) is 11.1. The molecule has 1 N–H and O–H groups in total. The molecule has 6 rings (SSSR count). The maximum Gasteiger partial charge on any atom is 0.260 e. The van der Waals surface area contributed by atoms with Crippen LogP contribution in [0.4, 0.5) is 4.39 Å². The van der Waals surface area contributed by atoms with Crippen LogP contribution in [0.25, 0.3) is 21.3 Å². The van der Waals surface area contributed by atoms with E-state index in [2.05, 4.69) is 22.0 Å². The molecule has 2 aromatic carbocycles. The molecule has 1 atom stereocenters. The molecule has 0 unspecified atom stereocenters. The fourth-order valence-electron chi connectivity index (χ4n) is 4.76. The Morgan fingerprint density at radius 3 is 2.79 bits per heavy atom. The number of hydrogen-bond donors (Lipinski definition) is 1. The lowest BCUT2D eigenvalue weighted by Crippen LogP contribution is -2.26. The molecule has 6 nitrogen and oxygen atoms in total. The predicted molar refractivity (Wildman–Crippen MR) is 125 cm³/mol. The van der Waals surface area contributed by atoms with Crippen molar-refractivity contribution < 1.29 is 13.9 Å². The van der Waals surface area contributed by atoms with Gasteiger partial charge in [-0.3, -0.25) is 9.69 Å². The third kappa shape index (κ3) is 3.79. The number of aromatic amines is 1. The predicted octanol–water partition coefficient (Wildman–Crippen LogP) is 4.90. The number of halogens is 1. The van der Waals surface area contributed by atoms with Gasteiger partial charge in [0.15, 0.2) is 11.5 Å². The van der Waals surface area contributed by atoms with Crippen molar-refractivity contribution in [2.75, 3.05) is 19.8 Å². The summed E-state index contributed by atoms with van der Waals surface area (Å²) in [5.41, 5.74) is 2.62. The third-order valence-electron chi connectivity index (χ3n) is 6.32. The normalized spacial score (nSPS) is 18.2. The first kappa shape index (κ1) is 20.4. The second-order valence-electron chi connectivity index (χ2n) is 8.38. The molecular formula is C25H22FN3O3S. The van der Waals surface area contributed by atoms with Crippen LogP contribution >= 0.6 is 11.3 Å². The summed E-state index contributed by atoms with van der Waals surface area (Å²) in [5.74, 6) is 1.95. The number of fused-ring (bicyclic) bond motifs is 2. The Hall–Kier alpha value is -3.23. The Labute approximate surface area is 193 Å². The molecule has 0 saturated carbocycles. The SMILES string of the molecule is O=c1[nH]c(CN2CCC[C@@H]2c2ccc3c(c2)OCCO3)nc2scc(-c3ccc(F)cc3)c12. The fraction of sp³-hybridized carbons (Fsp3) is 0.280. The molecule has 1 saturated heterocycles. The Bertz CT molecular complexity index is 1380. The lowest BCUT2D eigenvalue weighted by Gasteiger charge is -2.26. The number of ether oxygens (including phenoxy) is 2. The van der Waals surface area contributed by atoms with E-state index >= 15 is 0 Å². The number of hydrogen-bond acceptors (Lipinski definition) is 6. The number of nitrogens with one attached hydrogen (secondary N) is 1. The fourth-order valence-corrected chi connectivity index (χ4v) is 5.73. The standard InChI is InChI=1S/C25H22FN3O3S/c26-17-6-3-15(4-7-17)18-14-33-25-23(18)24(30)27-22(28-25)13-29-9-1-2-19(29)16-5-8-20-21(12-16)32-11-10-31-20/h3-8,12,14,19H,1-2,9-11,13H2,(H,27,28,30)/t19-/m1/s1. The average Bonchev–Trinajstić information content (AvgIpc) is 3.47. The number of likely N-dealkylation sites (tertiary alicyclic amines) is 1. The molecule has 33 heavy (non-hydrogen) atoms. The van der Waals surface area contributed by atoms with E-state index in [4.69, 9.17) is 14.5 Å². The molecule has 0 amide bonds. The highest BCUT2D eigenvalue weighted by Crippen LogP contribution is 2.38. The van der Waals surface area contributed by atoms with E-state index in [0.29, 0.717) is 35.8 Å². The van der Waals surface area contributed by atoms with Crippen molar-refractivity contribution in [1.29, 1.82) is 0 Å². The highest BCUT2D eigenvalue weighted by molar-refractivity contribution is 7.17. The van der Waals surface area contributed by atoms with Gasteiger partial charge in [-0.05, 0) is 54.8 Å². The van der Waals surface area contributed by atoms with Gasteiger partial charge in [-0.25, -0.2) is 9.37 Å². The lowest BCUT2D eigenvalue weighted by molar-refractivity contribution is 0.170.